The van der Waals surface area contributed by atoms with Gasteiger partial charge in [0.1, 0.15) is 11.8 Å². The third kappa shape index (κ3) is 3.90. The lowest BCUT2D eigenvalue weighted by Gasteiger charge is -2.24. The van der Waals surface area contributed by atoms with E-state index in [9.17, 15) is 9.59 Å². The lowest BCUT2D eigenvalue weighted by atomic mass is 10.1. The minimum atomic E-state index is -0.529. The van der Waals surface area contributed by atoms with Crippen molar-refractivity contribution in [3.8, 4) is 5.75 Å². The van der Waals surface area contributed by atoms with Gasteiger partial charge in [0.15, 0.2) is 5.13 Å². The molecule has 2 amide bonds. The molecular formula is C16H15ClIN3O3S. The first-order valence-corrected chi connectivity index (χ1v) is 9.89. The van der Waals surface area contributed by atoms with Crippen molar-refractivity contribution < 1.29 is 14.3 Å². The molecule has 2 aromatic rings. The van der Waals surface area contributed by atoms with Gasteiger partial charge in [0, 0.05) is 21.7 Å². The second-order valence-corrected chi connectivity index (χ2v) is 7.91. The van der Waals surface area contributed by atoms with E-state index in [0.29, 0.717) is 34.4 Å². The van der Waals surface area contributed by atoms with Gasteiger partial charge in [0.05, 0.1) is 17.7 Å². The van der Waals surface area contributed by atoms with Crippen LogP contribution in [0, 0.1) is 3.57 Å². The molecule has 1 aromatic carbocycles. The van der Waals surface area contributed by atoms with Gasteiger partial charge in [-0.25, -0.2) is 4.98 Å². The van der Waals surface area contributed by atoms with E-state index in [4.69, 9.17) is 16.3 Å². The van der Waals surface area contributed by atoms with E-state index < -0.39 is 6.04 Å². The fourth-order valence-corrected chi connectivity index (χ4v) is 3.91. The summed E-state index contributed by atoms with van der Waals surface area (Å²) in [4.78, 5) is 31.2. The Bertz CT molecular complexity index is 800. The average Bonchev–Trinajstić information content (AvgIpc) is 3.27. The molecular weight excluding hydrogens is 477 g/mol. The summed E-state index contributed by atoms with van der Waals surface area (Å²) in [5.41, 5.74) is 0.363. The highest BCUT2D eigenvalue weighted by Gasteiger charge is 2.36. The molecule has 0 aliphatic carbocycles. The summed E-state index contributed by atoms with van der Waals surface area (Å²) < 4.78 is 6.12. The van der Waals surface area contributed by atoms with Gasteiger partial charge in [-0.05, 0) is 47.6 Å². The van der Waals surface area contributed by atoms with Gasteiger partial charge >= 0.3 is 0 Å². The number of likely N-dealkylation sites (tertiary alicyclic amines) is 1. The number of thiazole rings is 1. The first-order chi connectivity index (χ1) is 12.0. The summed E-state index contributed by atoms with van der Waals surface area (Å²) in [5.74, 6) is -0.0342. The molecule has 0 spiro atoms. The largest absolute Gasteiger partial charge is 0.496 e. The Morgan fingerprint density at radius 3 is 2.96 bits per heavy atom. The zero-order valence-electron chi connectivity index (χ0n) is 13.3. The van der Waals surface area contributed by atoms with Crippen molar-refractivity contribution in [1.82, 2.24) is 9.88 Å². The molecule has 0 saturated carbocycles. The molecule has 9 heteroatoms. The maximum Gasteiger partial charge on any atom is 0.258 e. The van der Waals surface area contributed by atoms with Crippen molar-refractivity contribution in [2.45, 2.75) is 18.9 Å². The van der Waals surface area contributed by atoms with Crippen LogP contribution in [0.3, 0.4) is 0 Å². The molecule has 1 aliphatic heterocycles. The van der Waals surface area contributed by atoms with Crippen LogP contribution in [0.5, 0.6) is 5.75 Å². The van der Waals surface area contributed by atoms with Gasteiger partial charge in [-0.1, -0.05) is 11.6 Å². The number of carbonyl (C=O) groups is 2. The highest BCUT2D eigenvalue weighted by molar-refractivity contribution is 14.1. The number of methoxy groups -OCH3 is 1. The number of aromatic nitrogens is 1. The van der Waals surface area contributed by atoms with Crippen LogP contribution in [0.4, 0.5) is 5.13 Å². The van der Waals surface area contributed by atoms with Crippen molar-refractivity contribution in [2.24, 2.45) is 0 Å². The fraction of sp³-hybridized carbons (Fsp3) is 0.312. The first-order valence-electron chi connectivity index (χ1n) is 7.55. The maximum absolute atomic E-state index is 13.0. The van der Waals surface area contributed by atoms with Gasteiger partial charge < -0.3 is 15.0 Å². The molecule has 0 radical (unpaired) electrons. The molecule has 25 heavy (non-hydrogen) atoms. The summed E-state index contributed by atoms with van der Waals surface area (Å²) in [7, 11) is 1.51. The Morgan fingerprint density at radius 2 is 2.28 bits per heavy atom. The molecule has 1 aliphatic rings. The molecule has 0 bridgehead atoms. The van der Waals surface area contributed by atoms with E-state index >= 15 is 0 Å². The number of benzene rings is 1. The summed E-state index contributed by atoms with van der Waals surface area (Å²) in [6.45, 7) is 0.515. The van der Waals surface area contributed by atoms with Crippen molar-refractivity contribution in [2.75, 3.05) is 19.0 Å². The lowest BCUT2D eigenvalue weighted by Crippen LogP contribution is -2.43. The van der Waals surface area contributed by atoms with Gasteiger partial charge in [-0.2, -0.15) is 0 Å². The lowest BCUT2D eigenvalue weighted by molar-refractivity contribution is -0.119. The number of hydrogen-bond acceptors (Lipinski definition) is 5. The van der Waals surface area contributed by atoms with Gasteiger partial charge in [-0.3, -0.25) is 9.59 Å². The predicted octanol–water partition coefficient (Wildman–Crippen LogP) is 3.65. The van der Waals surface area contributed by atoms with Gasteiger partial charge in [-0.15, -0.1) is 11.3 Å². The van der Waals surface area contributed by atoms with Crippen molar-refractivity contribution in [3.63, 3.8) is 0 Å². The smallest absolute Gasteiger partial charge is 0.258 e. The molecule has 1 N–H and O–H groups in total. The first kappa shape index (κ1) is 18.4. The van der Waals surface area contributed by atoms with Crippen LogP contribution < -0.4 is 10.1 Å². The Balaban J connectivity index is 1.83. The van der Waals surface area contributed by atoms with Crippen LogP contribution in [0.25, 0.3) is 0 Å². The molecule has 6 nitrogen and oxygen atoms in total. The number of anilines is 1. The molecule has 132 valence electrons. The molecule has 1 atom stereocenters. The van der Waals surface area contributed by atoms with Gasteiger partial charge in [0.2, 0.25) is 5.91 Å². The predicted molar refractivity (Wildman–Crippen MR) is 106 cm³/mol. The minimum Gasteiger partial charge on any atom is -0.496 e. The van der Waals surface area contributed by atoms with Crippen LogP contribution in [-0.2, 0) is 4.79 Å². The second kappa shape index (κ2) is 7.88. The van der Waals surface area contributed by atoms with Gasteiger partial charge in [0.25, 0.3) is 5.91 Å². The van der Waals surface area contributed by atoms with E-state index in [2.05, 4.69) is 32.9 Å². The third-order valence-corrected chi connectivity index (χ3v) is 6.16. The fourth-order valence-electron chi connectivity index (χ4n) is 2.78. The van der Waals surface area contributed by atoms with E-state index in [1.807, 2.05) is 0 Å². The van der Waals surface area contributed by atoms with Crippen molar-refractivity contribution in [1.29, 1.82) is 0 Å². The normalized spacial score (nSPS) is 16.8. The van der Waals surface area contributed by atoms with E-state index in [1.165, 1.54) is 18.4 Å². The van der Waals surface area contributed by atoms with E-state index in [-0.39, 0.29) is 11.8 Å². The quantitative estimate of drug-likeness (QED) is 0.663. The van der Waals surface area contributed by atoms with Crippen LogP contribution >= 0.6 is 45.5 Å². The third-order valence-electron chi connectivity index (χ3n) is 3.95. The van der Waals surface area contributed by atoms with Crippen molar-refractivity contribution in [3.05, 3.63) is 37.9 Å². The molecule has 1 unspecified atom stereocenters. The zero-order chi connectivity index (χ0) is 18.0. The minimum absolute atomic E-state index is 0.226. The van der Waals surface area contributed by atoms with Crippen LogP contribution in [0.1, 0.15) is 23.2 Å². The highest BCUT2D eigenvalue weighted by atomic mass is 127. The average molecular weight is 492 g/mol. The SMILES string of the molecule is COc1cc(I)c(Cl)cc1C(=O)N1CCCC1C(=O)Nc1nccs1. The van der Waals surface area contributed by atoms with E-state index in [0.717, 1.165) is 9.99 Å². The number of rotatable bonds is 4. The Kier molecular flexibility index (Phi) is 5.80. The van der Waals surface area contributed by atoms with Crippen LogP contribution in [-0.4, -0.2) is 41.4 Å². The molecule has 2 heterocycles. The van der Waals surface area contributed by atoms with Crippen molar-refractivity contribution >= 4 is 62.5 Å². The number of nitrogens with one attached hydrogen (secondary N) is 1. The summed E-state index contributed by atoms with van der Waals surface area (Å²) in [5, 5.41) is 5.56. The number of amides is 2. The molecule has 1 saturated heterocycles. The number of nitrogens with zero attached hydrogens (tertiary/aromatic N) is 2. The van der Waals surface area contributed by atoms with Crippen LogP contribution in [0.2, 0.25) is 5.02 Å². The highest BCUT2D eigenvalue weighted by Crippen LogP contribution is 2.31. The zero-order valence-corrected chi connectivity index (χ0v) is 17.0. The Morgan fingerprint density at radius 1 is 1.48 bits per heavy atom. The molecule has 3 rings (SSSR count). The maximum atomic E-state index is 13.0. The monoisotopic (exact) mass is 491 g/mol. The number of halogens is 2. The Hall–Kier alpha value is -1.39. The Labute approximate surface area is 167 Å². The standard InChI is InChI=1S/C16H15ClIN3O3S/c1-24-13-8-11(18)10(17)7-9(13)15(23)21-5-2-3-12(21)14(22)20-16-19-4-6-25-16/h4,6-8,12H,2-3,5H2,1H3,(H,19,20,22). The summed E-state index contributed by atoms with van der Waals surface area (Å²) >= 11 is 9.59. The topological polar surface area (TPSA) is 71.5 Å². The molecule has 1 fully saturated rings. The summed E-state index contributed by atoms with van der Waals surface area (Å²) in [6.07, 6.45) is 3.00. The number of carbonyl (C=O) groups excluding carboxylic acids is 2. The van der Waals surface area contributed by atoms with E-state index in [1.54, 1.807) is 28.6 Å². The number of hydrogen-bond donors (Lipinski definition) is 1. The number of ether oxygens (including phenoxy) is 1. The molecule has 1 aromatic heterocycles. The second-order valence-electron chi connectivity index (χ2n) is 5.45. The summed E-state index contributed by atoms with van der Waals surface area (Å²) in [6, 6.07) is 2.79. The van der Waals surface area contributed by atoms with Crippen LogP contribution in [0.15, 0.2) is 23.7 Å².